The molecule has 0 unspecified atom stereocenters. The molecule has 2 aromatic rings. The third-order valence-electron chi connectivity index (χ3n) is 1.60. The molecular weight excluding hydrogens is 176 g/mol. The van der Waals surface area contributed by atoms with E-state index >= 15 is 0 Å². The Hall–Kier alpha value is -1.35. The number of hydrogen-bond donors (Lipinski definition) is 1. The number of aromatic amines is 1. The number of rotatable bonds is 0. The van der Waals surface area contributed by atoms with Gasteiger partial charge in [0.1, 0.15) is 5.02 Å². The van der Waals surface area contributed by atoms with Crippen molar-refractivity contribution in [2.45, 2.75) is 0 Å². The second-order valence-electron chi connectivity index (χ2n) is 2.41. The van der Waals surface area contributed by atoms with E-state index in [0.717, 1.165) is 10.9 Å². The SMILES string of the molecule is O=c1[nH]c2ccncc2cc1Cl. The average Bonchev–Trinajstić information content (AvgIpc) is 2.07. The highest BCUT2D eigenvalue weighted by Gasteiger charge is 1.97. The van der Waals surface area contributed by atoms with Crippen molar-refractivity contribution in [1.29, 1.82) is 0 Å². The predicted octanol–water partition coefficient (Wildman–Crippen LogP) is 1.58. The molecule has 12 heavy (non-hydrogen) atoms. The van der Waals surface area contributed by atoms with Crippen LogP contribution in [0.15, 0.2) is 29.3 Å². The Balaban J connectivity index is 2.93. The molecule has 0 amide bonds. The normalized spacial score (nSPS) is 10.4. The molecule has 2 aromatic heterocycles. The molecule has 0 aliphatic rings. The Kier molecular flexibility index (Phi) is 1.59. The Morgan fingerprint density at radius 1 is 1.50 bits per heavy atom. The monoisotopic (exact) mass is 180 g/mol. The summed E-state index contributed by atoms with van der Waals surface area (Å²) in [6, 6.07) is 3.33. The van der Waals surface area contributed by atoms with Crippen LogP contribution in [0, 0.1) is 0 Å². The van der Waals surface area contributed by atoms with E-state index in [-0.39, 0.29) is 10.6 Å². The number of fused-ring (bicyclic) bond motifs is 1. The molecule has 0 aromatic carbocycles. The number of H-pyrrole nitrogens is 1. The van der Waals surface area contributed by atoms with Crippen LogP contribution in [0.3, 0.4) is 0 Å². The van der Waals surface area contributed by atoms with Gasteiger partial charge in [-0.25, -0.2) is 0 Å². The summed E-state index contributed by atoms with van der Waals surface area (Å²) in [6.07, 6.45) is 3.27. The third kappa shape index (κ3) is 1.08. The fourth-order valence-electron chi connectivity index (χ4n) is 1.02. The highest BCUT2D eigenvalue weighted by molar-refractivity contribution is 6.31. The van der Waals surface area contributed by atoms with E-state index < -0.39 is 0 Å². The van der Waals surface area contributed by atoms with Crippen molar-refractivity contribution in [3.05, 3.63) is 39.9 Å². The summed E-state index contributed by atoms with van der Waals surface area (Å²) in [7, 11) is 0. The van der Waals surface area contributed by atoms with Gasteiger partial charge in [0.25, 0.3) is 5.56 Å². The van der Waals surface area contributed by atoms with E-state index in [1.54, 1.807) is 24.5 Å². The van der Waals surface area contributed by atoms with Gasteiger partial charge in [0.2, 0.25) is 0 Å². The van der Waals surface area contributed by atoms with E-state index in [1.807, 2.05) is 0 Å². The number of nitrogens with zero attached hydrogens (tertiary/aromatic N) is 1. The third-order valence-corrected chi connectivity index (χ3v) is 1.88. The molecule has 0 fully saturated rings. The molecule has 3 nitrogen and oxygen atoms in total. The van der Waals surface area contributed by atoms with E-state index in [1.165, 1.54) is 0 Å². The summed E-state index contributed by atoms with van der Waals surface area (Å²) in [6.45, 7) is 0. The van der Waals surface area contributed by atoms with Crippen molar-refractivity contribution in [1.82, 2.24) is 9.97 Å². The van der Waals surface area contributed by atoms with Gasteiger partial charge in [-0.1, -0.05) is 11.6 Å². The largest absolute Gasteiger partial charge is 0.321 e. The van der Waals surface area contributed by atoms with Crippen LogP contribution in [0.4, 0.5) is 0 Å². The number of nitrogens with one attached hydrogen (secondary N) is 1. The average molecular weight is 181 g/mol. The molecule has 0 saturated carbocycles. The van der Waals surface area contributed by atoms with Crippen LogP contribution in [0.25, 0.3) is 10.9 Å². The molecular formula is C8H5ClN2O. The summed E-state index contributed by atoms with van der Waals surface area (Å²) in [5.41, 5.74) is 0.481. The Labute approximate surface area is 73.0 Å². The fraction of sp³-hybridized carbons (Fsp3) is 0. The molecule has 0 aliphatic heterocycles. The number of hydrogen-bond acceptors (Lipinski definition) is 2. The number of halogens is 1. The zero-order valence-corrected chi connectivity index (χ0v) is 6.80. The van der Waals surface area contributed by atoms with Crippen molar-refractivity contribution < 1.29 is 0 Å². The smallest absolute Gasteiger partial charge is 0.267 e. The minimum Gasteiger partial charge on any atom is -0.321 e. The van der Waals surface area contributed by atoms with Gasteiger partial charge in [-0.15, -0.1) is 0 Å². The quantitative estimate of drug-likeness (QED) is 0.669. The minimum absolute atomic E-state index is 0.190. The van der Waals surface area contributed by atoms with Crippen LogP contribution < -0.4 is 5.56 Å². The van der Waals surface area contributed by atoms with Crippen LogP contribution in [-0.4, -0.2) is 9.97 Å². The van der Waals surface area contributed by atoms with Gasteiger partial charge in [-0.2, -0.15) is 0 Å². The zero-order chi connectivity index (χ0) is 8.55. The molecule has 1 N–H and O–H groups in total. The molecule has 0 bridgehead atoms. The van der Waals surface area contributed by atoms with Crippen LogP contribution >= 0.6 is 11.6 Å². The molecule has 0 aliphatic carbocycles. The number of pyridine rings is 2. The van der Waals surface area contributed by atoms with Crippen LogP contribution in [0.1, 0.15) is 0 Å². The molecule has 2 rings (SSSR count). The molecule has 4 heteroatoms. The highest BCUT2D eigenvalue weighted by Crippen LogP contribution is 2.10. The lowest BCUT2D eigenvalue weighted by Crippen LogP contribution is -2.05. The summed E-state index contributed by atoms with van der Waals surface area (Å²) in [5, 5.41) is 1.03. The summed E-state index contributed by atoms with van der Waals surface area (Å²) >= 11 is 5.62. The first-order valence-electron chi connectivity index (χ1n) is 3.40. The standard InChI is InChI=1S/C8H5ClN2O/c9-6-3-5-4-10-2-1-7(5)11-8(6)12/h1-4H,(H,11,12). The van der Waals surface area contributed by atoms with Crippen molar-refractivity contribution in [2.24, 2.45) is 0 Å². The van der Waals surface area contributed by atoms with Crippen LogP contribution in [0.2, 0.25) is 5.02 Å². The van der Waals surface area contributed by atoms with Gasteiger partial charge in [0.15, 0.2) is 0 Å². The van der Waals surface area contributed by atoms with Crippen molar-refractivity contribution in [2.75, 3.05) is 0 Å². The lowest BCUT2D eigenvalue weighted by atomic mass is 10.3. The first-order valence-corrected chi connectivity index (χ1v) is 3.78. The van der Waals surface area contributed by atoms with E-state index in [9.17, 15) is 4.79 Å². The molecule has 0 atom stereocenters. The van der Waals surface area contributed by atoms with Gasteiger partial charge in [0.05, 0.1) is 5.52 Å². The van der Waals surface area contributed by atoms with E-state index in [0.29, 0.717) is 0 Å². The topological polar surface area (TPSA) is 45.8 Å². The highest BCUT2D eigenvalue weighted by atomic mass is 35.5. The van der Waals surface area contributed by atoms with Crippen LogP contribution in [0.5, 0.6) is 0 Å². The molecule has 0 spiro atoms. The molecule has 0 saturated heterocycles. The van der Waals surface area contributed by atoms with Crippen molar-refractivity contribution in [3.8, 4) is 0 Å². The van der Waals surface area contributed by atoms with Crippen molar-refractivity contribution in [3.63, 3.8) is 0 Å². The summed E-state index contributed by atoms with van der Waals surface area (Å²) in [4.78, 5) is 17.6. The maximum atomic E-state index is 11.0. The van der Waals surface area contributed by atoms with Crippen LogP contribution in [-0.2, 0) is 0 Å². The van der Waals surface area contributed by atoms with Gasteiger partial charge in [-0.3, -0.25) is 9.78 Å². The first kappa shape index (κ1) is 7.31. The van der Waals surface area contributed by atoms with Crippen molar-refractivity contribution >= 4 is 22.5 Å². The second-order valence-corrected chi connectivity index (χ2v) is 2.82. The van der Waals surface area contributed by atoms with Gasteiger partial charge >= 0.3 is 0 Å². The van der Waals surface area contributed by atoms with Gasteiger partial charge in [0, 0.05) is 17.8 Å². The fourth-order valence-corrected chi connectivity index (χ4v) is 1.18. The number of aromatic nitrogens is 2. The lowest BCUT2D eigenvalue weighted by molar-refractivity contribution is 1.28. The molecule has 60 valence electrons. The van der Waals surface area contributed by atoms with Gasteiger partial charge < -0.3 is 4.98 Å². The van der Waals surface area contributed by atoms with Gasteiger partial charge in [-0.05, 0) is 12.1 Å². The van der Waals surface area contributed by atoms with E-state index in [2.05, 4.69) is 9.97 Å². The Morgan fingerprint density at radius 3 is 3.17 bits per heavy atom. The summed E-state index contributed by atoms with van der Waals surface area (Å²) < 4.78 is 0. The predicted molar refractivity (Wildman–Crippen MR) is 47.4 cm³/mol. The maximum absolute atomic E-state index is 11.0. The minimum atomic E-state index is -0.268. The summed E-state index contributed by atoms with van der Waals surface area (Å²) in [5.74, 6) is 0. The maximum Gasteiger partial charge on any atom is 0.267 e. The second kappa shape index (κ2) is 2.60. The molecule has 2 heterocycles. The van der Waals surface area contributed by atoms with E-state index in [4.69, 9.17) is 11.6 Å². The Bertz CT molecular complexity index is 478. The zero-order valence-electron chi connectivity index (χ0n) is 6.04. The molecule has 0 radical (unpaired) electrons. The lowest BCUT2D eigenvalue weighted by Gasteiger charge is -1.95. The Morgan fingerprint density at radius 2 is 2.33 bits per heavy atom. The first-order chi connectivity index (χ1) is 5.77.